The average molecular weight is 346 g/mol. The van der Waals surface area contributed by atoms with E-state index in [9.17, 15) is 4.79 Å². The fourth-order valence-corrected chi connectivity index (χ4v) is 4.26. The summed E-state index contributed by atoms with van der Waals surface area (Å²) >= 11 is 1.77. The lowest BCUT2D eigenvalue weighted by atomic mass is 10.1. The third-order valence-electron chi connectivity index (χ3n) is 4.76. The highest BCUT2D eigenvalue weighted by Crippen LogP contribution is 2.35. The van der Waals surface area contributed by atoms with Crippen molar-refractivity contribution < 1.29 is 13.9 Å². The molecule has 2 atom stereocenters. The normalized spacial score (nSPS) is 21.1. The van der Waals surface area contributed by atoms with E-state index in [1.165, 1.54) is 10.4 Å². The molecular formula is C18H22N2O3S. The second-order valence-electron chi connectivity index (χ2n) is 6.42. The number of carbonyl (C=O) groups is 1. The number of furan rings is 1. The van der Waals surface area contributed by atoms with Crippen LogP contribution in [0, 0.1) is 0 Å². The number of rotatable bonds is 5. The van der Waals surface area contributed by atoms with E-state index in [2.05, 4.69) is 16.8 Å². The lowest BCUT2D eigenvalue weighted by molar-refractivity contribution is 0.0437. The van der Waals surface area contributed by atoms with Crippen molar-refractivity contribution >= 4 is 17.4 Å². The molecule has 0 spiro atoms. The van der Waals surface area contributed by atoms with Crippen LogP contribution in [-0.2, 0) is 11.2 Å². The second-order valence-corrected chi connectivity index (χ2v) is 7.43. The summed E-state index contributed by atoms with van der Waals surface area (Å²) in [5, 5.41) is 5.17. The van der Waals surface area contributed by atoms with Crippen LogP contribution in [0.15, 0.2) is 34.3 Å². The number of thiophene rings is 1. The summed E-state index contributed by atoms with van der Waals surface area (Å²) in [7, 11) is 0. The van der Waals surface area contributed by atoms with E-state index < -0.39 is 0 Å². The van der Waals surface area contributed by atoms with Crippen LogP contribution in [-0.4, -0.2) is 30.1 Å². The zero-order valence-electron chi connectivity index (χ0n) is 13.7. The Labute approximate surface area is 145 Å². The zero-order valence-corrected chi connectivity index (χ0v) is 14.6. The quantitative estimate of drug-likeness (QED) is 0.893. The van der Waals surface area contributed by atoms with Gasteiger partial charge >= 0.3 is 6.03 Å². The Morgan fingerprint density at radius 1 is 1.46 bits per heavy atom. The average Bonchev–Trinajstić information content (AvgIpc) is 3.09. The van der Waals surface area contributed by atoms with E-state index >= 15 is 0 Å². The first kappa shape index (κ1) is 15.7. The van der Waals surface area contributed by atoms with Crippen LogP contribution in [0.3, 0.4) is 0 Å². The zero-order chi connectivity index (χ0) is 16.5. The summed E-state index contributed by atoms with van der Waals surface area (Å²) in [6.45, 7) is 3.25. The highest BCUT2D eigenvalue weighted by atomic mass is 32.1. The number of urea groups is 1. The van der Waals surface area contributed by atoms with Gasteiger partial charge in [-0.15, -0.1) is 11.3 Å². The maximum absolute atomic E-state index is 12.8. The minimum Gasteiger partial charge on any atom is -0.467 e. The molecule has 1 N–H and O–H groups in total. The van der Waals surface area contributed by atoms with Crippen molar-refractivity contribution in [2.24, 2.45) is 0 Å². The Hall–Kier alpha value is -1.79. The molecule has 2 aliphatic rings. The van der Waals surface area contributed by atoms with Gasteiger partial charge in [0.25, 0.3) is 0 Å². The molecule has 1 fully saturated rings. The second kappa shape index (κ2) is 6.61. The molecule has 1 aliphatic carbocycles. The summed E-state index contributed by atoms with van der Waals surface area (Å²) in [5.41, 5.74) is 1.23. The van der Waals surface area contributed by atoms with E-state index in [1.54, 1.807) is 17.6 Å². The molecule has 0 unspecified atom stereocenters. The number of nitrogens with one attached hydrogen (secondary N) is 1. The van der Waals surface area contributed by atoms with Crippen molar-refractivity contribution in [3.05, 3.63) is 46.0 Å². The number of hydrogen-bond donors (Lipinski definition) is 1. The molecule has 0 saturated heterocycles. The molecule has 0 radical (unpaired) electrons. The number of carbonyl (C=O) groups excluding carboxylic acids is 1. The van der Waals surface area contributed by atoms with Gasteiger partial charge in [0, 0.05) is 23.9 Å². The van der Waals surface area contributed by atoms with Crippen molar-refractivity contribution in [2.75, 3.05) is 13.2 Å². The van der Waals surface area contributed by atoms with Gasteiger partial charge in [-0.3, -0.25) is 0 Å². The van der Waals surface area contributed by atoms with Gasteiger partial charge in [0.05, 0.1) is 18.9 Å². The van der Waals surface area contributed by atoms with Crippen LogP contribution in [0.5, 0.6) is 0 Å². The lowest BCUT2D eigenvalue weighted by Gasteiger charge is -2.30. The Kier molecular flexibility index (Phi) is 4.33. The Bertz CT molecular complexity index is 693. The van der Waals surface area contributed by atoms with Gasteiger partial charge in [0.1, 0.15) is 11.9 Å². The minimum atomic E-state index is -0.0588. The van der Waals surface area contributed by atoms with Gasteiger partial charge in [-0.05, 0) is 48.9 Å². The predicted molar refractivity (Wildman–Crippen MR) is 92.1 cm³/mol. The first-order valence-electron chi connectivity index (χ1n) is 8.51. The minimum absolute atomic E-state index is 0.0349. The number of amides is 2. The fourth-order valence-electron chi connectivity index (χ4n) is 3.34. The van der Waals surface area contributed by atoms with Crippen molar-refractivity contribution in [3.63, 3.8) is 0 Å². The SMILES string of the molecule is C[C@H](c1ccco1)N(C(=O)NC[C@H]1OCCc2sccc21)C1CC1. The number of hydrogen-bond acceptors (Lipinski definition) is 4. The highest BCUT2D eigenvalue weighted by molar-refractivity contribution is 7.10. The molecule has 128 valence electrons. The molecule has 5 nitrogen and oxygen atoms in total. The summed E-state index contributed by atoms with van der Waals surface area (Å²) in [6.07, 6.45) is 4.72. The van der Waals surface area contributed by atoms with Gasteiger partial charge < -0.3 is 19.4 Å². The first-order valence-corrected chi connectivity index (χ1v) is 9.39. The van der Waals surface area contributed by atoms with E-state index in [4.69, 9.17) is 9.15 Å². The van der Waals surface area contributed by atoms with E-state index in [1.807, 2.05) is 24.0 Å². The smallest absolute Gasteiger partial charge is 0.318 e. The molecular weight excluding hydrogens is 324 g/mol. The summed E-state index contributed by atoms with van der Waals surface area (Å²) in [6, 6.07) is 6.12. The maximum Gasteiger partial charge on any atom is 0.318 e. The van der Waals surface area contributed by atoms with Crippen LogP contribution in [0.4, 0.5) is 4.79 Å². The van der Waals surface area contributed by atoms with Crippen LogP contribution in [0.1, 0.15) is 48.1 Å². The first-order chi connectivity index (χ1) is 11.7. The molecule has 1 saturated carbocycles. The topological polar surface area (TPSA) is 54.7 Å². The van der Waals surface area contributed by atoms with Crippen molar-refractivity contribution in [1.29, 1.82) is 0 Å². The molecule has 2 aromatic heterocycles. The Morgan fingerprint density at radius 2 is 2.33 bits per heavy atom. The van der Waals surface area contributed by atoms with Gasteiger partial charge in [0.2, 0.25) is 0 Å². The van der Waals surface area contributed by atoms with Crippen LogP contribution < -0.4 is 5.32 Å². The Balaban J connectivity index is 1.41. The third kappa shape index (κ3) is 3.08. The molecule has 4 rings (SSSR count). The molecule has 6 heteroatoms. The standard InChI is InChI=1S/C18H22N2O3S/c1-12(15-3-2-8-22-15)20(13-4-5-13)18(21)19-11-16-14-7-10-24-17(14)6-9-23-16/h2-3,7-8,10,12-13,16H,4-6,9,11H2,1H3,(H,19,21)/t12-,16-/m1/s1. The van der Waals surface area contributed by atoms with E-state index in [-0.39, 0.29) is 18.2 Å². The van der Waals surface area contributed by atoms with E-state index in [0.29, 0.717) is 12.6 Å². The molecule has 2 amide bonds. The monoisotopic (exact) mass is 346 g/mol. The van der Waals surface area contributed by atoms with Crippen molar-refractivity contribution in [3.8, 4) is 0 Å². The molecule has 24 heavy (non-hydrogen) atoms. The molecule has 0 bridgehead atoms. The van der Waals surface area contributed by atoms with Crippen LogP contribution in [0.25, 0.3) is 0 Å². The molecule has 1 aliphatic heterocycles. The van der Waals surface area contributed by atoms with Gasteiger partial charge in [-0.2, -0.15) is 0 Å². The maximum atomic E-state index is 12.8. The summed E-state index contributed by atoms with van der Waals surface area (Å²) in [4.78, 5) is 16.1. The van der Waals surface area contributed by atoms with Crippen LogP contribution in [0.2, 0.25) is 0 Å². The van der Waals surface area contributed by atoms with Gasteiger partial charge in [-0.25, -0.2) is 4.79 Å². The molecule has 3 heterocycles. The van der Waals surface area contributed by atoms with Crippen molar-refractivity contribution in [1.82, 2.24) is 10.2 Å². The van der Waals surface area contributed by atoms with Gasteiger partial charge in [0.15, 0.2) is 0 Å². The largest absolute Gasteiger partial charge is 0.467 e. The van der Waals surface area contributed by atoms with Gasteiger partial charge in [-0.1, -0.05) is 0 Å². The molecule has 2 aromatic rings. The number of ether oxygens (including phenoxy) is 1. The third-order valence-corrected chi connectivity index (χ3v) is 5.76. The predicted octanol–water partition coefficient (Wildman–Crippen LogP) is 3.89. The number of nitrogens with zero attached hydrogens (tertiary/aromatic N) is 1. The highest BCUT2D eigenvalue weighted by Gasteiger charge is 2.37. The molecule has 0 aromatic carbocycles. The Morgan fingerprint density at radius 3 is 3.08 bits per heavy atom. The summed E-state index contributed by atoms with van der Waals surface area (Å²) in [5.74, 6) is 0.825. The fraction of sp³-hybridized carbons (Fsp3) is 0.500. The lowest BCUT2D eigenvalue weighted by Crippen LogP contribution is -2.44. The summed E-state index contributed by atoms with van der Waals surface area (Å²) < 4.78 is 11.3. The van der Waals surface area contributed by atoms with Crippen molar-refractivity contribution in [2.45, 2.75) is 44.4 Å². The van der Waals surface area contributed by atoms with E-state index in [0.717, 1.165) is 31.6 Å². The number of fused-ring (bicyclic) bond motifs is 1. The van der Waals surface area contributed by atoms with Crippen LogP contribution >= 0.6 is 11.3 Å².